The molecule has 1 fully saturated rings. The Morgan fingerprint density at radius 1 is 0.476 bits per heavy atom. The monoisotopic (exact) mass is 1490 g/mol. The average Bonchev–Trinajstić information content (AvgIpc) is 1.74. The predicted octanol–water partition coefficient (Wildman–Crippen LogP) is -7.36. The lowest BCUT2D eigenvalue weighted by atomic mass is 9.96. The van der Waals surface area contributed by atoms with Crippen LogP contribution in [-0.4, -0.2) is 249 Å². The van der Waals surface area contributed by atoms with E-state index in [1.165, 1.54) is 18.7 Å². The molecule has 584 valence electrons. The van der Waals surface area contributed by atoms with Crippen LogP contribution in [0.5, 0.6) is 0 Å². The number of carbonyl (C=O) groups excluding carboxylic acids is 16. The number of thiol groups is 1. The summed E-state index contributed by atoms with van der Waals surface area (Å²) in [6.07, 6.45) is -2.07. The largest absolute Gasteiger partial charge is 0.480 e. The number of nitrogens with two attached hydrogens (primary N) is 3. The number of carboxylic acid groups (broad SMARTS) is 1. The van der Waals surface area contributed by atoms with Crippen LogP contribution in [0.25, 0.3) is 0 Å². The van der Waals surface area contributed by atoms with Crippen LogP contribution >= 0.6 is 12.6 Å². The molecule has 16 amide bonds. The number of amides is 16. The number of nitrogens with one attached hydrogen (secondary N) is 13. The van der Waals surface area contributed by atoms with Crippen molar-refractivity contribution in [1.82, 2.24) is 74.0 Å². The van der Waals surface area contributed by atoms with Gasteiger partial charge in [0.05, 0.1) is 31.9 Å². The van der Waals surface area contributed by atoms with Crippen molar-refractivity contribution in [2.45, 2.75) is 238 Å². The second-order valence-electron chi connectivity index (χ2n) is 27.1. The highest BCUT2D eigenvalue weighted by Gasteiger charge is 2.43. The second-order valence-corrected chi connectivity index (χ2v) is 27.5. The third kappa shape index (κ3) is 31.8. The van der Waals surface area contributed by atoms with Crippen LogP contribution in [-0.2, 0) is 81.5 Å². The molecule has 16 atom stereocenters. The maximum Gasteiger partial charge on any atom is 0.328 e. The molecule has 0 bridgehead atoms. The van der Waals surface area contributed by atoms with Gasteiger partial charge in [0, 0.05) is 25.1 Å². The second kappa shape index (κ2) is 45.3. The van der Waals surface area contributed by atoms with Crippen molar-refractivity contribution in [3.8, 4) is 0 Å². The van der Waals surface area contributed by atoms with Crippen molar-refractivity contribution >= 4 is 113 Å². The molecule has 1 rings (SSSR count). The van der Waals surface area contributed by atoms with E-state index in [-0.39, 0.29) is 62.7 Å². The van der Waals surface area contributed by atoms with Gasteiger partial charge in [-0.25, -0.2) is 4.79 Å². The van der Waals surface area contributed by atoms with Gasteiger partial charge in [-0.1, -0.05) is 75.7 Å². The number of carboxylic acids is 1. The molecule has 0 aromatic rings. The number of primary amides is 2. The van der Waals surface area contributed by atoms with Gasteiger partial charge in [0.1, 0.15) is 78.5 Å². The molecule has 23 N–H and O–H groups in total. The lowest BCUT2D eigenvalue weighted by Crippen LogP contribution is -2.62. The van der Waals surface area contributed by atoms with Crippen molar-refractivity contribution in [1.29, 1.82) is 0 Å². The van der Waals surface area contributed by atoms with E-state index >= 15 is 0 Å². The van der Waals surface area contributed by atoms with Crippen molar-refractivity contribution in [3.63, 3.8) is 0 Å². The van der Waals surface area contributed by atoms with Gasteiger partial charge in [0.15, 0.2) is 0 Å². The van der Waals surface area contributed by atoms with E-state index in [9.17, 15) is 91.7 Å². The molecule has 1 heterocycles. The van der Waals surface area contributed by atoms with Gasteiger partial charge in [0.25, 0.3) is 0 Å². The summed E-state index contributed by atoms with van der Waals surface area (Å²) >= 11 is 4.02. The predicted molar refractivity (Wildman–Crippen MR) is 372 cm³/mol. The molecule has 0 unspecified atom stereocenters. The number of likely N-dealkylation sites (tertiary alicyclic amines) is 1. The summed E-state index contributed by atoms with van der Waals surface area (Å²) in [5, 5.41) is 70.5. The van der Waals surface area contributed by atoms with Crippen molar-refractivity contribution in [2.75, 3.05) is 32.1 Å². The zero-order chi connectivity index (χ0) is 79.0. The first-order chi connectivity index (χ1) is 48.0. The Bertz CT molecular complexity index is 2980. The number of nitrogens with zero attached hydrogens (tertiary/aromatic N) is 1. The number of hydrogen-bond acceptors (Lipinski definition) is 22. The third-order valence-corrected chi connectivity index (χ3v) is 16.9. The van der Waals surface area contributed by atoms with E-state index in [1.54, 1.807) is 69.2 Å². The zero-order valence-corrected chi connectivity index (χ0v) is 61.7. The van der Waals surface area contributed by atoms with Gasteiger partial charge in [-0.2, -0.15) is 12.6 Å². The van der Waals surface area contributed by atoms with Gasteiger partial charge in [-0.3, -0.25) is 76.7 Å². The van der Waals surface area contributed by atoms with E-state index in [4.69, 9.17) is 27.4 Å². The van der Waals surface area contributed by atoms with Crippen LogP contribution in [0.1, 0.15) is 148 Å². The maximum atomic E-state index is 14.6. The minimum absolute atomic E-state index is 0.00203. The highest BCUT2D eigenvalue weighted by Crippen LogP contribution is 2.23. The number of aliphatic hydroxyl groups is 3. The summed E-state index contributed by atoms with van der Waals surface area (Å²) in [7, 11) is 0. The van der Waals surface area contributed by atoms with Gasteiger partial charge in [-0.15, -0.1) is 0 Å². The Balaban J connectivity index is 3.28. The van der Waals surface area contributed by atoms with E-state index in [1.807, 2.05) is 5.32 Å². The zero-order valence-electron chi connectivity index (χ0n) is 60.8. The SMILES string of the molecule is CC[C@H](C)[C@H](NC(=O)[C@H](C)NC(=O)[C@H](C)NC(=O)[C@H](CCC(N)=O)NC(=O)[C@H](CC(C)C)NC(=O)[C@@H](NC(=O)[C@@H](NC(=O)[C@@H](N)CCC(N)=O)C(C)C)C(C)C)C(=O)N1CCC[C@H]1C(=O)N[C@@H](CC(C)C)C(=O)N[C@H](C(=O)N[C@@H](CO)C(=O)N[C@@H](CS)C(=O)NCC(=O)N[C@@H](CO)C(=O)O)[C@@H](C)O. The Morgan fingerprint density at radius 2 is 0.893 bits per heavy atom. The smallest absolute Gasteiger partial charge is 0.328 e. The highest BCUT2D eigenvalue weighted by atomic mass is 32.1. The van der Waals surface area contributed by atoms with Crippen LogP contribution in [0.15, 0.2) is 0 Å². The lowest BCUT2D eigenvalue weighted by Gasteiger charge is -2.33. The van der Waals surface area contributed by atoms with E-state index < -0.39 is 235 Å². The van der Waals surface area contributed by atoms with Crippen LogP contribution in [0.2, 0.25) is 0 Å². The first kappa shape index (κ1) is 92.2. The van der Waals surface area contributed by atoms with Gasteiger partial charge >= 0.3 is 5.97 Å². The summed E-state index contributed by atoms with van der Waals surface area (Å²) in [5.74, 6) is -18.5. The molecule has 1 saturated heterocycles. The summed E-state index contributed by atoms with van der Waals surface area (Å²) < 4.78 is 0. The Labute approximate surface area is 604 Å². The van der Waals surface area contributed by atoms with E-state index in [0.717, 1.165) is 6.92 Å². The van der Waals surface area contributed by atoms with Crippen LogP contribution in [0.4, 0.5) is 0 Å². The molecule has 0 saturated carbocycles. The molecule has 1 aliphatic heterocycles. The minimum Gasteiger partial charge on any atom is -0.480 e. The normalized spacial score (nSPS) is 17.2. The summed E-state index contributed by atoms with van der Waals surface area (Å²) in [4.78, 5) is 227. The Hall–Kier alpha value is -8.82. The number of aliphatic carboxylic acids is 1. The molecule has 0 spiro atoms. The number of rotatable bonds is 46. The van der Waals surface area contributed by atoms with Gasteiger partial charge in [0.2, 0.25) is 94.5 Å². The fraction of sp³-hybridized carbons (Fsp3) is 0.734. The average molecular weight is 1490 g/mol. The van der Waals surface area contributed by atoms with Crippen molar-refractivity contribution in [2.24, 2.45) is 46.8 Å². The van der Waals surface area contributed by atoms with Crippen LogP contribution in [0, 0.1) is 29.6 Å². The first-order valence-electron chi connectivity index (χ1n) is 34.2. The fourth-order valence-corrected chi connectivity index (χ4v) is 10.6. The standard InChI is InChI=1S/C64H111N17O21S/c1-14-32(10)49(63(100)81-21-15-16-43(81)59(96)73-39(23-29(4)5)57(94)80-50(35(13)84)62(99)75-40(25-82)58(95)76-42(27-103)54(91)68-24-46(87)71-41(26-83)64(101)102)79-52(89)34(12)69-51(88)33(11)70-55(92)37(18-20-45(67)86)72-56(93)38(22-28(2)3)74-60(97)47(30(6)7)78-61(98)48(31(8)9)77-53(90)36(65)17-19-44(66)85/h28-43,47-50,82-84,103H,14-27,65H2,1-13H3,(H2,66,85)(H2,67,86)(H,68,91)(H,69,88)(H,70,92)(H,71,87)(H,72,93)(H,73,96)(H,74,97)(H,75,99)(H,76,95)(H,77,90)(H,78,98)(H,79,89)(H,80,94)(H,101,102)/t32-,33-,34-,35+,36-,37-,38-,39-,40-,41-,42-,43-,47-,48-,49-,50-/m0/s1. The maximum absolute atomic E-state index is 14.6. The molecular formula is C64H111N17O21S. The molecule has 1 aliphatic rings. The van der Waals surface area contributed by atoms with Gasteiger partial charge in [-0.05, 0) is 88.9 Å². The molecule has 39 heteroatoms. The number of hydrogen-bond donors (Lipinski definition) is 21. The molecular weight excluding hydrogens is 1370 g/mol. The fourth-order valence-electron chi connectivity index (χ4n) is 10.3. The quantitative estimate of drug-likeness (QED) is 0.0252. The molecule has 0 radical (unpaired) electrons. The Kier molecular flexibility index (Phi) is 40.6. The van der Waals surface area contributed by atoms with Gasteiger partial charge < -0.3 is 112 Å². The van der Waals surface area contributed by atoms with E-state index in [2.05, 4.69) is 76.4 Å². The molecule has 38 nitrogen and oxygen atoms in total. The third-order valence-electron chi connectivity index (χ3n) is 16.6. The Morgan fingerprint density at radius 3 is 1.38 bits per heavy atom. The molecule has 0 aromatic heterocycles. The molecule has 0 aliphatic carbocycles. The minimum atomic E-state index is -1.83. The summed E-state index contributed by atoms with van der Waals surface area (Å²) in [5.41, 5.74) is 16.5. The summed E-state index contributed by atoms with van der Waals surface area (Å²) in [6, 6.07) is -20.1. The lowest BCUT2D eigenvalue weighted by molar-refractivity contribution is -0.143. The highest BCUT2D eigenvalue weighted by molar-refractivity contribution is 7.80. The number of aliphatic hydroxyl groups excluding tert-OH is 3. The molecule has 0 aromatic carbocycles. The molecule has 103 heavy (non-hydrogen) atoms. The van der Waals surface area contributed by atoms with Crippen LogP contribution in [0.3, 0.4) is 0 Å². The summed E-state index contributed by atoms with van der Waals surface area (Å²) in [6.45, 7) is 17.7. The number of carbonyl (C=O) groups is 17. The van der Waals surface area contributed by atoms with Crippen molar-refractivity contribution in [3.05, 3.63) is 0 Å². The van der Waals surface area contributed by atoms with E-state index in [0.29, 0.717) is 12.8 Å². The van der Waals surface area contributed by atoms with Crippen LogP contribution < -0.4 is 86.3 Å². The van der Waals surface area contributed by atoms with Crippen molar-refractivity contribution < 1.29 is 102 Å². The topological polar surface area (TPSA) is 609 Å². The first-order valence-corrected chi connectivity index (χ1v) is 34.9.